The third-order valence-electron chi connectivity index (χ3n) is 19.6. The molecule has 4 bridgehead atoms. The summed E-state index contributed by atoms with van der Waals surface area (Å²) < 4.78 is 0. The Balaban J connectivity index is 1.21. The highest BCUT2D eigenvalue weighted by Gasteiger charge is 2.84. The van der Waals surface area contributed by atoms with E-state index in [1.807, 2.05) is 31.2 Å². The molecule has 3 saturated carbocycles. The lowest BCUT2D eigenvalue weighted by Gasteiger charge is -2.70. The number of carbonyl (C=O) groups is 3. The van der Waals surface area contributed by atoms with Crippen LogP contribution in [-0.2, 0) is 20.8 Å². The molecule has 13 atom stereocenters. The lowest BCUT2D eigenvalue weighted by Crippen LogP contribution is -2.72. The van der Waals surface area contributed by atoms with Gasteiger partial charge >= 0.3 is 5.97 Å². The Hall–Kier alpha value is -4.82. The first-order valence-corrected chi connectivity index (χ1v) is 23.1. The van der Waals surface area contributed by atoms with Crippen LogP contribution in [0.25, 0.3) is 6.08 Å². The van der Waals surface area contributed by atoms with Crippen molar-refractivity contribution in [2.24, 2.45) is 67.2 Å². The van der Waals surface area contributed by atoms with Crippen LogP contribution in [0.1, 0.15) is 109 Å². The first-order valence-electron chi connectivity index (χ1n) is 23.1. The topological polar surface area (TPSA) is 197 Å². The van der Waals surface area contributed by atoms with E-state index in [9.17, 15) is 30.0 Å². The number of guanidine groups is 1. The van der Waals surface area contributed by atoms with Gasteiger partial charge in [0.15, 0.2) is 11.7 Å². The summed E-state index contributed by atoms with van der Waals surface area (Å²) >= 11 is 0. The van der Waals surface area contributed by atoms with Gasteiger partial charge in [0.2, 0.25) is 0 Å². The smallest absolute Gasteiger partial charge is 0.331 e. The Morgan fingerprint density at radius 3 is 2.40 bits per heavy atom. The molecule has 11 rings (SSSR count). The number of carboxylic acid groups (broad SMARTS) is 1. The number of hydrogen-bond donors (Lipinski definition) is 6. The van der Waals surface area contributed by atoms with Crippen molar-refractivity contribution in [1.82, 2.24) is 0 Å². The molecule has 0 radical (unpaired) electrons. The van der Waals surface area contributed by atoms with Crippen molar-refractivity contribution in [2.45, 2.75) is 127 Å². The number of fused-ring (bicyclic) bond motifs is 6. The molecule has 0 aromatic heterocycles. The van der Waals surface area contributed by atoms with Gasteiger partial charge in [-0.25, -0.2) is 9.79 Å². The van der Waals surface area contributed by atoms with Crippen LogP contribution in [-0.4, -0.2) is 66.3 Å². The Morgan fingerprint density at radius 1 is 0.857 bits per heavy atom. The van der Waals surface area contributed by atoms with Gasteiger partial charge in [0, 0.05) is 70.3 Å². The molecule has 3 fully saturated rings. The lowest BCUT2D eigenvalue weighted by atomic mass is 9.33. The molecule has 0 amide bonds. The normalized spacial score (nSPS) is 47.2. The quantitative estimate of drug-likeness (QED) is 0.0887. The zero-order valence-corrected chi connectivity index (χ0v) is 36.8. The van der Waals surface area contributed by atoms with E-state index in [2.05, 4.69) is 56.9 Å². The molecule has 0 heterocycles. The average Bonchev–Trinajstić information content (AvgIpc) is 3.38. The van der Waals surface area contributed by atoms with Crippen LogP contribution >= 0.6 is 0 Å². The van der Waals surface area contributed by atoms with Crippen LogP contribution in [0.4, 0.5) is 0 Å². The number of Topliss-reactive ketones (excluding diaryl/α,β-unsaturated/α-hetero) is 2. The van der Waals surface area contributed by atoms with Gasteiger partial charge in [-0.15, -0.1) is 11.8 Å². The summed E-state index contributed by atoms with van der Waals surface area (Å²) in [7, 11) is 0. The minimum atomic E-state index is -1.76. The molecule has 0 saturated heterocycles. The van der Waals surface area contributed by atoms with Crippen molar-refractivity contribution < 1.29 is 34.8 Å². The Morgan fingerprint density at radius 2 is 1.63 bits per heavy atom. The molecule has 1 aromatic rings. The largest absolute Gasteiger partial charge is 0.478 e. The summed E-state index contributed by atoms with van der Waals surface area (Å²) in [4.78, 5) is 48.2. The van der Waals surface area contributed by atoms with Crippen molar-refractivity contribution in [1.29, 1.82) is 0 Å². The number of rotatable bonds is 3. The van der Waals surface area contributed by atoms with Crippen molar-refractivity contribution in [3.63, 3.8) is 0 Å². The summed E-state index contributed by atoms with van der Waals surface area (Å²) in [6, 6.07) is 8.32. The highest BCUT2D eigenvalue weighted by atomic mass is 16.4. The van der Waals surface area contributed by atoms with Gasteiger partial charge in [-0.1, -0.05) is 94.0 Å². The van der Waals surface area contributed by atoms with E-state index < -0.39 is 79.1 Å². The number of nitrogens with zero attached hydrogens (tertiary/aromatic N) is 1. The number of carbonyl (C=O) groups excluding carboxylic acids is 2. The van der Waals surface area contributed by atoms with E-state index in [1.54, 1.807) is 18.2 Å². The fourth-order valence-electron chi connectivity index (χ4n) is 17.4. The molecule has 1 aromatic carbocycles. The molecule has 0 aliphatic heterocycles. The number of allylic oxidation sites excluding steroid dienone is 3. The van der Waals surface area contributed by atoms with Gasteiger partial charge in [0.25, 0.3) is 0 Å². The van der Waals surface area contributed by atoms with Gasteiger partial charge in [-0.05, 0) is 97.0 Å². The summed E-state index contributed by atoms with van der Waals surface area (Å²) in [5.41, 5.74) is 6.16. The van der Waals surface area contributed by atoms with E-state index in [0.29, 0.717) is 55.2 Å². The minimum Gasteiger partial charge on any atom is -0.478 e. The van der Waals surface area contributed by atoms with Crippen LogP contribution in [0.3, 0.4) is 0 Å². The number of nitrogens with two attached hydrogens (primary N) is 2. The van der Waals surface area contributed by atoms with Gasteiger partial charge in [0.05, 0.1) is 11.1 Å². The molecule has 10 nitrogen and oxygen atoms in total. The second-order valence-electron chi connectivity index (χ2n) is 21.9. The Labute approximate surface area is 369 Å². The molecule has 10 heteroatoms. The highest BCUT2D eigenvalue weighted by molar-refractivity contribution is 6.02. The van der Waals surface area contributed by atoms with Crippen molar-refractivity contribution >= 4 is 29.6 Å². The van der Waals surface area contributed by atoms with Crippen LogP contribution in [0.15, 0.2) is 93.6 Å². The molecule has 10 aliphatic carbocycles. The summed E-state index contributed by atoms with van der Waals surface area (Å²) in [5, 5.41) is 52.0. The third kappa shape index (κ3) is 4.57. The zero-order valence-electron chi connectivity index (χ0n) is 36.8. The maximum absolute atomic E-state index is 16.0. The van der Waals surface area contributed by atoms with Gasteiger partial charge in [-0.3, -0.25) is 9.59 Å². The number of aryl methyl sites for hydroxylation is 1. The minimum absolute atomic E-state index is 0.0488. The Kier molecular flexibility index (Phi) is 8.12. The number of carboxylic acids is 1. The van der Waals surface area contributed by atoms with Crippen LogP contribution in [0, 0.1) is 62.6 Å². The number of ketones is 2. The van der Waals surface area contributed by atoms with Gasteiger partial charge in [-0.2, -0.15) is 0 Å². The molecule has 328 valence electrons. The molecule has 10 aliphatic rings. The second kappa shape index (κ2) is 12.5. The SMILES string of the molecule is CC1C2C(N=C(N)N)(C=CC13CC1(O)C=CC4(O)C5=C6C(=O)CC3(C)C51CCC#CCC1(C)C(=O)CCC6(C)C1C4C1=Cc3ccccc3CC1)CCC1=C(C(=O)O)CC=CC12O. The van der Waals surface area contributed by atoms with Crippen LogP contribution < -0.4 is 11.5 Å². The second-order valence-corrected chi connectivity index (χ2v) is 21.9. The number of hydrogen-bond acceptors (Lipinski definition) is 7. The first kappa shape index (κ1) is 40.9. The molecule has 2 spiro atoms. The van der Waals surface area contributed by atoms with Crippen LogP contribution in [0.2, 0.25) is 0 Å². The maximum atomic E-state index is 16.0. The zero-order chi connectivity index (χ0) is 44.5. The van der Waals surface area contributed by atoms with E-state index in [0.717, 1.165) is 17.6 Å². The van der Waals surface area contributed by atoms with E-state index in [1.165, 1.54) is 5.56 Å². The maximum Gasteiger partial charge on any atom is 0.331 e. The van der Waals surface area contributed by atoms with Gasteiger partial charge < -0.3 is 31.9 Å². The molecule has 8 N–H and O–H groups in total. The molecule has 13 unspecified atom stereocenters. The number of aliphatic hydroxyl groups is 3. The van der Waals surface area contributed by atoms with Gasteiger partial charge in [0.1, 0.15) is 17.0 Å². The third-order valence-corrected chi connectivity index (χ3v) is 19.6. The fourth-order valence-corrected chi connectivity index (χ4v) is 17.4. The summed E-state index contributed by atoms with van der Waals surface area (Å²) in [5.74, 6) is 3.32. The van der Waals surface area contributed by atoms with Crippen LogP contribution in [0.5, 0.6) is 0 Å². The molecule has 63 heavy (non-hydrogen) atoms. The molecular formula is C53H59N3O7. The summed E-state index contributed by atoms with van der Waals surface area (Å²) in [6.07, 6.45) is 17.5. The predicted molar refractivity (Wildman–Crippen MR) is 238 cm³/mol. The lowest BCUT2D eigenvalue weighted by molar-refractivity contribution is -0.171. The average molecular weight is 850 g/mol. The number of benzene rings is 1. The van der Waals surface area contributed by atoms with Crippen molar-refractivity contribution in [3.05, 3.63) is 99.7 Å². The Bertz CT molecular complexity index is 2650. The fraction of sp³-hybridized carbons (Fsp3) is 0.547. The van der Waals surface area contributed by atoms with Crippen molar-refractivity contribution in [3.8, 4) is 11.8 Å². The van der Waals surface area contributed by atoms with E-state index >= 15 is 4.79 Å². The predicted octanol–water partition coefficient (Wildman–Crippen LogP) is 6.21. The number of aliphatic imine (C=N–C) groups is 1. The summed E-state index contributed by atoms with van der Waals surface area (Å²) in [6.45, 7) is 8.35. The van der Waals surface area contributed by atoms with E-state index in [4.69, 9.17) is 16.5 Å². The molecular weight excluding hydrogens is 791 g/mol. The van der Waals surface area contributed by atoms with Crippen molar-refractivity contribution in [2.75, 3.05) is 0 Å². The highest BCUT2D eigenvalue weighted by Crippen LogP contribution is 2.84. The van der Waals surface area contributed by atoms with E-state index in [-0.39, 0.29) is 55.2 Å². The monoisotopic (exact) mass is 849 g/mol. The first-order chi connectivity index (χ1) is 29.7. The standard InChI is InChI=1S/C53H59N3O7/c1-30-40-49(56-44(54)55,22-16-35-34(43(59)60)13-10-19-51(35,40)62)24-23-48(30)29-50(61)25-26-52(63)38(33-15-14-31-11-6-7-12-32(31)27-33)41-45(2)18-8-5-9-20-53(50)42(52)39(36(57)28-47(48,53)4)46(41,3)21-17-37(45)58/h6-7,10-12,19,23-27,30,38,40-41,61-63H,9,13-18,20-22,28-29H2,1-4H3,(H,59,60)(H4,54,55,56). The number of aliphatic carboxylic acids is 1.